The quantitative estimate of drug-likeness (QED) is 0.667. The van der Waals surface area contributed by atoms with Crippen LogP contribution in [0.5, 0.6) is 0 Å². The molecule has 0 fully saturated rings. The van der Waals surface area contributed by atoms with Gasteiger partial charge >= 0.3 is 6.18 Å². The Morgan fingerprint density at radius 1 is 1.30 bits per heavy atom. The van der Waals surface area contributed by atoms with E-state index in [2.05, 4.69) is 6.58 Å². The molecular formula is C17H24F3NO2. The van der Waals surface area contributed by atoms with E-state index < -0.39 is 12.3 Å². The third kappa shape index (κ3) is 7.16. The van der Waals surface area contributed by atoms with Crippen LogP contribution in [0.2, 0.25) is 0 Å². The summed E-state index contributed by atoms with van der Waals surface area (Å²) in [5, 5.41) is 8.99. The molecule has 0 spiro atoms. The number of hydrogen-bond donors (Lipinski definition) is 1. The zero-order chi connectivity index (χ0) is 17.3. The van der Waals surface area contributed by atoms with Crippen molar-refractivity contribution in [1.82, 2.24) is 4.90 Å². The predicted octanol–water partition coefficient (Wildman–Crippen LogP) is 3.39. The van der Waals surface area contributed by atoms with Crippen LogP contribution in [-0.2, 0) is 11.3 Å². The predicted molar refractivity (Wildman–Crippen MR) is 84.0 cm³/mol. The second-order valence-electron chi connectivity index (χ2n) is 5.43. The Morgan fingerprint density at radius 3 is 2.48 bits per heavy atom. The third-order valence-corrected chi connectivity index (χ3v) is 3.59. The Hall–Kier alpha value is -1.37. The molecule has 0 aliphatic heterocycles. The fourth-order valence-electron chi connectivity index (χ4n) is 2.20. The van der Waals surface area contributed by atoms with Crippen LogP contribution in [-0.4, -0.2) is 48.0 Å². The molecule has 0 radical (unpaired) electrons. The van der Waals surface area contributed by atoms with E-state index in [-0.39, 0.29) is 25.8 Å². The molecular weight excluding hydrogens is 307 g/mol. The molecule has 0 bridgehead atoms. The number of alkyl halides is 3. The summed E-state index contributed by atoms with van der Waals surface area (Å²) in [4.78, 5) is 1.62. The van der Waals surface area contributed by atoms with Gasteiger partial charge in [-0.05, 0) is 18.9 Å². The highest BCUT2D eigenvalue weighted by molar-refractivity contribution is 5.13. The lowest BCUT2D eigenvalue weighted by Gasteiger charge is -2.32. The topological polar surface area (TPSA) is 32.7 Å². The first kappa shape index (κ1) is 19.7. The Bertz CT molecular complexity index is 451. The van der Waals surface area contributed by atoms with E-state index in [1.165, 1.54) is 0 Å². The van der Waals surface area contributed by atoms with Crippen LogP contribution < -0.4 is 0 Å². The lowest BCUT2D eigenvalue weighted by atomic mass is 10.1. The molecule has 2 atom stereocenters. The van der Waals surface area contributed by atoms with Crippen molar-refractivity contribution in [3.63, 3.8) is 0 Å². The third-order valence-electron chi connectivity index (χ3n) is 3.59. The van der Waals surface area contributed by atoms with Gasteiger partial charge in [0.1, 0.15) is 0 Å². The summed E-state index contributed by atoms with van der Waals surface area (Å²) >= 11 is 0. The van der Waals surface area contributed by atoms with E-state index in [1.54, 1.807) is 48.2 Å². The molecule has 0 saturated heterocycles. The first-order valence-corrected chi connectivity index (χ1v) is 7.56. The highest BCUT2D eigenvalue weighted by Gasteiger charge is 2.42. The number of rotatable bonds is 10. The summed E-state index contributed by atoms with van der Waals surface area (Å²) < 4.78 is 44.9. The van der Waals surface area contributed by atoms with Gasteiger partial charge in [0.25, 0.3) is 0 Å². The minimum atomic E-state index is -4.45. The summed E-state index contributed by atoms with van der Waals surface area (Å²) in [6.07, 6.45) is -4.38. The SMILES string of the molecule is C=CCN(CC(OCc1ccccc1)C(F)(F)F)[C@@H](C)CCO. The van der Waals surface area contributed by atoms with Gasteiger partial charge in [-0.3, -0.25) is 4.90 Å². The van der Waals surface area contributed by atoms with Crippen LogP contribution in [0.15, 0.2) is 43.0 Å². The highest BCUT2D eigenvalue weighted by Crippen LogP contribution is 2.25. The first-order valence-electron chi connectivity index (χ1n) is 7.56. The number of ether oxygens (including phenoxy) is 1. The largest absolute Gasteiger partial charge is 0.415 e. The van der Waals surface area contributed by atoms with E-state index in [9.17, 15) is 13.2 Å². The highest BCUT2D eigenvalue weighted by atomic mass is 19.4. The second kappa shape index (κ2) is 9.70. The molecule has 130 valence electrons. The molecule has 0 aromatic heterocycles. The van der Waals surface area contributed by atoms with Gasteiger partial charge in [-0.2, -0.15) is 13.2 Å². The van der Waals surface area contributed by atoms with E-state index in [0.717, 1.165) is 0 Å². The number of aliphatic hydroxyl groups excluding tert-OH is 1. The summed E-state index contributed by atoms with van der Waals surface area (Å²) in [6.45, 7) is 5.21. The molecule has 1 aromatic rings. The maximum absolute atomic E-state index is 13.2. The minimum Gasteiger partial charge on any atom is -0.396 e. The monoisotopic (exact) mass is 331 g/mol. The lowest BCUT2D eigenvalue weighted by molar-refractivity contribution is -0.229. The van der Waals surface area contributed by atoms with Gasteiger partial charge in [0.05, 0.1) is 6.61 Å². The van der Waals surface area contributed by atoms with Crippen molar-refractivity contribution in [1.29, 1.82) is 0 Å². The summed E-state index contributed by atoms with van der Waals surface area (Å²) in [5.74, 6) is 0. The van der Waals surface area contributed by atoms with Crippen LogP contribution >= 0.6 is 0 Å². The fraction of sp³-hybridized carbons (Fsp3) is 0.529. The van der Waals surface area contributed by atoms with E-state index in [1.807, 2.05) is 0 Å². The number of benzene rings is 1. The zero-order valence-electron chi connectivity index (χ0n) is 13.3. The summed E-state index contributed by atoms with van der Waals surface area (Å²) in [6, 6.07) is 8.58. The summed E-state index contributed by atoms with van der Waals surface area (Å²) in [5.41, 5.74) is 0.695. The maximum Gasteiger partial charge on any atom is 0.415 e. The van der Waals surface area contributed by atoms with Crippen LogP contribution in [0.4, 0.5) is 13.2 Å². The Morgan fingerprint density at radius 2 is 1.96 bits per heavy atom. The molecule has 0 aliphatic carbocycles. The second-order valence-corrected chi connectivity index (χ2v) is 5.43. The van der Waals surface area contributed by atoms with Crippen molar-refractivity contribution >= 4 is 0 Å². The molecule has 1 N–H and O–H groups in total. The Labute approximate surface area is 135 Å². The molecule has 0 amide bonds. The number of nitrogens with zero attached hydrogens (tertiary/aromatic N) is 1. The molecule has 0 heterocycles. The van der Waals surface area contributed by atoms with E-state index >= 15 is 0 Å². The van der Waals surface area contributed by atoms with Crippen LogP contribution in [0.1, 0.15) is 18.9 Å². The lowest BCUT2D eigenvalue weighted by Crippen LogP contribution is -2.46. The maximum atomic E-state index is 13.2. The number of hydrogen-bond acceptors (Lipinski definition) is 3. The Balaban J connectivity index is 2.73. The molecule has 1 unspecified atom stereocenters. The fourth-order valence-corrected chi connectivity index (χ4v) is 2.20. The summed E-state index contributed by atoms with van der Waals surface area (Å²) in [7, 11) is 0. The van der Waals surface area contributed by atoms with Crippen LogP contribution in [0.25, 0.3) is 0 Å². The normalized spacial score (nSPS) is 14.7. The van der Waals surface area contributed by atoms with Gasteiger partial charge in [0, 0.05) is 25.7 Å². The van der Waals surface area contributed by atoms with Crippen molar-refractivity contribution in [3.8, 4) is 0 Å². The van der Waals surface area contributed by atoms with E-state index in [0.29, 0.717) is 18.5 Å². The van der Waals surface area contributed by atoms with Gasteiger partial charge in [0.2, 0.25) is 0 Å². The van der Waals surface area contributed by atoms with Crippen molar-refractivity contribution in [2.75, 3.05) is 19.7 Å². The average molecular weight is 331 g/mol. The molecule has 6 heteroatoms. The van der Waals surface area contributed by atoms with Crippen molar-refractivity contribution < 1.29 is 23.0 Å². The molecule has 3 nitrogen and oxygen atoms in total. The molecule has 0 saturated carbocycles. The minimum absolute atomic E-state index is 0.0730. The molecule has 23 heavy (non-hydrogen) atoms. The van der Waals surface area contributed by atoms with Crippen molar-refractivity contribution in [2.45, 2.75) is 38.3 Å². The zero-order valence-corrected chi connectivity index (χ0v) is 13.3. The van der Waals surface area contributed by atoms with Gasteiger partial charge in [-0.1, -0.05) is 36.4 Å². The smallest absolute Gasteiger partial charge is 0.396 e. The average Bonchev–Trinajstić information content (AvgIpc) is 2.50. The molecule has 1 rings (SSSR count). The Kier molecular flexibility index (Phi) is 8.30. The number of halogens is 3. The van der Waals surface area contributed by atoms with Crippen molar-refractivity contribution in [3.05, 3.63) is 48.6 Å². The van der Waals surface area contributed by atoms with Crippen LogP contribution in [0.3, 0.4) is 0 Å². The number of aliphatic hydroxyl groups is 1. The van der Waals surface area contributed by atoms with Gasteiger partial charge < -0.3 is 9.84 Å². The van der Waals surface area contributed by atoms with Crippen molar-refractivity contribution in [2.24, 2.45) is 0 Å². The molecule has 1 aromatic carbocycles. The van der Waals surface area contributed by atoms with Gasteiger partial charge in [0.15, 0.2) is 6.10 Å². The molecule has 0 aliphatic rings. The van der Waals surface area contributed by atoms with Gasteiger partial charge in [-0.15, -0.1) is 6.58 Å². The standard InChI is InChI=1S/C17H24F3NO2/c1-3-10-21(14(2)9-11-22)12-16(17(18,19)20)23-13-15-7-5-4-6-8-15/h3-8,14,16,22H,1,9-13H2,2H3/t14-,16?/m0/s1. The van der Waals surface area contributed by atoms with Gasteiger partial charge in [-0.25, -0.2) is 0 Å². The first-order chi connectivity index (χ1) is 10.9. The van der Waals surface area contributed by atoms with Crippen LogP contribution in [0, 0.1) is 0 Å². The van der Waals surface area contributed by atoms with E-state index in [4.69, 9.17) is 9.84 Å².